The van der Waals surface area contributed by atoms with Crippen LogP contribution in [0, 0.1) is 5.92 Å². The Kier molecular flexibility index (Phi) is 6.35. The number of hydrogen-bond acceptors (Lipinski definition) is 4. The number of rotatable bonds is 5. The van der Waals surface area contributed by atoms with Gasteiger partial charge in [0.15, 0.2) is 0 Å². The Morgan fingerprint density at radius 2 is 1.62 bits per heavy atom. The predicted octanol–water partition coefficient (Wildman–Crippen LogP) is 5.87. The lowest BCUT2D eigenvalue weighted by Gasteiger charge is -2.22. The van der Waals surface area contributed by atoms with Crippen LogP contribution in [-0.4, -0.2) is 29.1 Å². The summed E-state index contributed by atoms with van der Waals surface area (Å²) >= 11 is 5.96. The molecule has 0 spiro atoms. The standard InChI is InChI=1S/C25H28ClN3O2S/c1-17-4-5-20-14-24(25(29(2)3)15-23(20)27-16-17)28-32(30,31)22-12-8-19(9-13-22)18-6-10-21(26)11-7-18/h6-15,17,27-28H,4-5,16H2,1-3H3. The Morgan fingerprint density at radius 1 is 1.00 bits per heavy atom. The molecular formula is C25H28ClN3O2S. The zero-order valence-electron chi connectivity index (χ0n) is 18.5. The average Bonchev–Trinajstić information content (AvgIpc) is 2.94. The van der Waals surface area contributed by atoms with Gasteiger partial charge in [0, 0.05) is 31.4 Å². The summed E-state index contributed by atoms with van der Waals surface area (Å²) in [5, 5.41) is 4.17. The zero-order valence-corrected chi connectivity index (χ0v) is 20.1. The summed E-state index contributed by atoms with van der Waals surface area (Å²) in [6.45, 7) is 3.15. The fourth-order valence-corrected chi connectivity index (χ4v) is 5.11. The van der Waals surface area contributed by atoms with Crippen molar-refractivity contribution in [3.63, 3.8) is 0 Å². The smallest absolute Gasteiger partial charge is 0.261 e. The molecule has 0 amide bonds. The maximum absolute atomic E-state index is 13.2. The SMILES string of the molecule is CC1CCc2cc(NS(=O)(=O)c3ccc(-c4ccc(Cl)cc4)cc3)c(N(C)C)cc2NC1. The van der Waals surface area contributed by atoms with Crippen LogP contribution in [0.3, 0.4) is 0 Å². The van der Waals surface area contributed by atoms with Crippen LogP contribution in [0.25, 0.3) is 11.1 Å². The molecule has 168 valence electrons. The second-order valence-corrected chi connectivity index (χ2v) is 10.7. The fraction of sp³-hybridized carbons (Fsp3) is 0.280. The van der Waals surface area contributed by atoms with Gasteiger partial charge in [-0.2, -0.15) is 0 Å². The zero-order chi connectivity index (χ0) is 22.9. The largest absolute Gasteiger partial charge is 0.384 e. The minimum absolute atomic E-state index is 0.224. The van der Waals surface area contributed by atoms with Crippen molar-refractivity contribution in [2.45, 2.75) is 24.7 Å². The molecular weight excluding hydrogens is 442 g/mol. The van der Waals surface area contributed by atoms with Gasteiger partial charge in [-0.25, -0.2) is 8.42 Å². The lowest BCUT2D eigenvalue weighted by molar-refractivity contribution is 0.571. The molecule has 0 aromatic heterocycles. The molecule has 0 bridgehead atoms. The van der Waals surface area contributed by atoms with Gasteiger partial charge < -0.3 is 10.2 Å². The number of fused-ring (bicyclic) bond motifs is 1. The number of sulfonamides is 1. The Labute approximate surface area is 195 Å². The van der Waals surface area contributed by atoms with Crippen molar-refractivity contribution < 1.29 is 8.42 Å². The molecule has 0 fully saturated rings. The van der Waals surface area contributed by atoms with Gasteiger partial charge in [0.05, 0.1) is 16.3 Å². The molecule has 2 N–H and O–H groups in total. The summed E-state index contributed by atoms with van der Waals surface area (Å²) in [6, 6.07) is 18.4. The van der Waals surface area contributed by atoms with E-state index < -0.39 is 10.0 Å². The van der Waals surface area contributed by atoms with E-state index in [1.54, 1.807) is 12.1 Å². The number of benzene rings is 3. The Hall–Kier alpha value is -2.70. The first-order valence-corrected chi connectivity index (χ1v) is 12.6. The molecule has 1 atom stereocenters. The first kappa shape index (κ1) is 22.5. The molecule has 0 saturated carbocycles. The van der Waals surface area contributed by atoms with E-state index in [0.717, 1.165) is 47.5 Å². The minimum Gasteiger partial charge on any atom is -0.384 e. The van der Waals surface area contributed by atoms with Crippen LogP contribution in [0.2, 0.25) is 5.02 Å². The highest BCUT2D eigenvalue weighted by molar-refractivity contribution is 7.92. The summed E-state index contributed by atoms with van der Waals surface area (Å²) < 4.78 is 29.2. The van der Waals surface area contributed by atoms with Gasteiger partial charge in [-0.15, -0.1) is 0 Å². The number of hydrogen-bond donors (Lipinski definition) is 2. The van der Waals surface area contributed by atoms with Crippen LogP contribution in [0.4, 0.5) is 17.1 Å². The minimum atomic E-state index is -3.74. The van der Waals surface area contributed by atoms with Crippen LogP contribution in [-0.2, 0) is 16.4 Å². The first-order chi connectivity index (χ1) is 15.2. The third kappa shape index (κ3) is 4.87. The summed E-state index contributed by atoms with van der Waals surface area (Å²) in [7, 11) is 0.0932. The van der Waals surface area contributed by atoms with Gasteiger partial charge in [0.1, 0.15) is 0 Å². The second kappa shape index (κ2) is 9.04. The third-order valence-corrected chi connectivity index (χ3v) is 7.47. The lowest BCUT2D eigenvalue weighted by atomic mass is 10.0. The van der Waals surface area contributed by atoms with E-state index in [1.807, 2.05) is 67.5 Å². The molecule has 1 aliphatic rings. The predicted molar refractivity (Wildman–Crippen MR) is 134 cm³/mol. The van der Waals surface area contributed by atoms with Crippen LogP contribution in [0.15, 0.2) is 65.6 Å². The Morgan fingerprint density at radius 3 is 2.25 bits per heavy atom. The monoisotopic (exact) mass is 469 g/mol. The molecule has 0 radical (unpaired) electrons. The van der Waals surface area contributed by atoms with Crippen molar-refractivity contribution in [1.82, 2.24) is 0 Å². The molecule has 1 aliphatic heterocycles. The topological polar surface area (TPSA) is 61.4 Å². The first-order valence-electron chi connectivity index (χ1n) is 10.7. The van der Waals surface area contributed by atoms with Gasteiger partial charge in [0.25, 0.3) is 10.0 Å². The molecule has 0 aliphatic carbocycles. The highest BCUT2D eigenvalue weighted by Gasteiger charge is 2.21. The van der Waals surface area contributed by atoms with Crippen molar-refractivity contribution in [3.8, 4) is 11.1 Å². The van der Waals surface area contributed by atoms with Gasteiger partial charge in [-0.05, 0) is 71.8 Å². The summed E-state index contributed by atoms with van der Waals surface area (Å²) in [4.78, 5) is 2.15. The number of nitrogens with one attached hydrogen (secondary N) is 2. The maximum Gasteiger partial charge on any atom is 0.261 e. The van der Waals surface area contributed by atoms with Crippen molar-refractivity contribution >= 4 is 38.7 Å². The van der Waals surface area contributed by atoms with E-state index in [4.69, 9.17) is 11.6 Å². The van der Waals surface area contributed by atoms with E-state index in [-0.39, 0.29) is 4.90 Å². The van der Waals surface area contributed by atoms with Crippen molar-refractivity contribution in [3.05, 3.63) is 71.2 Å². The molecule has 4 rings (SSSR count). The van der Waals surface area contributed by atoms with E-state index >= 15 is 0 Å². The van der Waals surface area contributed by atoms with Gasteiger partial charge in [-0.3, -0.25) is 4.72 Å². The highest BCUT2D eigenvalue weighted by Crippen LogP contribution is 2.35. The Balaban J connectivity index is 1.63. The number of nitrogens with zero attached hydrogens (tertiary/aromatic N) is 1. The van der Waals surface area contributed by atoms with Gasteiger partial charge in [-0.1, -0.05) is 42.8 Å². The van der Waals surface area contributed by atoms with Crippen molar-refractivity contribution in [2.75, 3.05) is 35.6 Å². The summed E-state index contributed by atoms with van der Waals surface area (Å²) in [5.41, 5.74) is 5.54. The van der Waals surface area contributed by atoms with E-state index in [9.17, 15) is 8.42 Å². The van der Waals surface area contributed by atoms with Gasteiger partial charge in [0.2, 0.25) is 0 Å². The molecule has 3 aromatic carbocycles. The lowest BCUT2D eigenvalue weighted by Crippen LogP contribution is -2.18. The van der Waals surface area contributed by atoms with Crippen LogP contribution >= 0.6 is 11.6 Å². The number of halogens is 1. The van der Waals surface area contributed by atoms with E-state index in [1.165, 1.54) is 0 Å². The average molecular weight is 470 g/mol. The fourth-order valence-electron chi connectivity index (χ4n) is 3.92. The van der Waals surface area contributed by atoms with Crippen molar-refractivity contribution in [1.29, 1.82) is 0 Å². The maximum atomic E-state index is 13.2. The molecule has 32 heavy (non-hydrogen) atoms. The van der Waals surface area contributed by atoms with Gasteiger partial charge >= 0.3 is 0 Å². The van der Waals surface area contributed by atoms with Crippen LogP contribution < -0.4 is 14.9 Å². The molecule has 3 aromatic rings. The summed E-state index contributed by atoms with van der Waals surface area (Å²) in [5.74, 6) is 0.574. The number of anilines is 3. The molecule has 1 heterocycles. The van der Waals surface area contributed by atoms with Crippen LogP contribution in [0.1, 0.15) is 18.9 Å². The molecule has 5 nitrogen and oxygen atoms in total. The quantitative estimate of drug-likeness (QED) is 0.490. The molecule has 0 saturated heterocycles. The molecule has 1 unspecified atom stereocenters. The normalized spacial score (nSPS) is 15.9. The second-order valence-electron chi connectivity index (χ2n) is 8.58. The highest BCUT2D eigenvalue weighted by atomic mass is 35.5. The molecule has 7 heteroatoms. The third-order valence-electron chi connectivity index (χ3n) is 5.84. The van der Waals surface area contributed by atoms with E-state index in [0.29, 0.717) is 16.6 Å². The Bertz CT molecular complexity index is 1210. The number of aryl methyl sites for hydroxylation is 1. The van der Waals surface area contributed by atoms with Crippen molar-refractivity contribution in [2.24, 2.45) is 5.92 Å². The summed E-state index contributed by atoms with van der Waals surface area (Å²) in [6.07, 6.45) is 1.99. The van der Waals surface area contributed by atoms with Crippen LogP contribution in [0.5, 0.6) is 0 Å². The van der Waals surface area contributed by atoms with E-state index in [2.05, 4.69) is 17.0 Å².